The van der Waals surface area contributed by atoms with E-state index in [1.807, 2.05) is 24.3 Å². The number of nitrogens with one attached hydrogen (secondary N) is 1. The number of carbonyl (C=O) groups excluding carboxylic acids is 1. The highest BCUT2D eigenvalue weighted by Gasteiger charge is 2.19. The van der Waals surface area contributed by atoms with Gasteiger partial charge >= 0.3 is 0 Å². The number of benzene rings is 2. The van der Waals surface area contributed by atoms with Crippen LogP contribution >= 0.6 is 11.8 Å². The fourth-order valence-corrected chi connectivity index (χ4v) is 3.28. The van der Waals surface area contributed by atoms with Crippen LogP contribution in [-0.2, 0) is 4.79 Å². The minimum atomic E-state index is -0.685. The lowest BCUT2D eigenvalue weighted by Gasteiger charge is -2.13. The summed E-state index contributed by atoms with van der Waals surface area (Å²) in [5.74, 6) is -1.13. The first-order valence-corrected chi connectivity index (χ1v) is 8.48. The monoisotopic (exact) mass is 359 g/mol. The molecule has 128 valence electrons. The molecule has 0 aliphatic rings. The van der Waals surface area contributed by atoms with Crippen LogP contribution in [0.1, 0.15) is 12.7 Å². The average Bonchev–Trinajstić information content (AvgIpc) is 2.58. The fourth-order valence-electron chi connectivity index (χ4n) is 2.30. The molecule has 0 aliphatic carbocycles. The highest BCUT2D eigenvalue weighted by molar-refractivity contribution is 8.00. The van der Waals surface area contributed by atoms with Crippen molar-refractivity contribution in [3.8, 4) is 0 Å². The standard InChI is InChI=1S/C18H15F2N3OS/c1-10(17(24)23-16-9-12(19)7-8-14(16)20)25-18-13-5-3-4-6-15(13)21-11(2)22-18/h3-10H,1-2H3,(H,23,24). The van der Waals surface area contributed by atoms with E-state index in [0.717, 1.165) is 29.1 Å². The Morgan fingerprint density at radius 1 is 1.16 bits per heavy atom. The molecule has 1 aromatic heterocycles. The summed E-state index contributed by atoms with van der Waals surface area (Å²) in [5.41, 5.74) is 0.613. The van der Waals surface area contributed by atoms with E-state index in [2.05, 4.69) is 15.3 Å². The number of thioether (sulfide) groups is 1. The molecule has 1 N–H and O–H groups in total. The van der Waals surface area contributed by atoms with Crippen LogP contribution in [-0.4, -0.2) is 21.1 Å². The molecule has 0 radical (unpaired) electrons. The van der Waals surface area contributed by atoms with Gasteiger partial charge in [0.2, 0.25) is 5.91 Å². The Kier molecular flexibility index (Phi) is 4.94. The summed E-state index contributed by atoms with van der Waals surface area (Å²) in [4.78, 5) is 21.1. The third-order valence-corrected chi connectivity index (χ3v) is 4.63. The van der Waals surface area contributed by atoms with Crippen molar-refractivity contribution in [3.05, 3.63) is 59.9 Å². The SMILES string of the molecule is Cc1nc(SC(C)C(=O)Nc2cc(F)ccc2F)c2ccccc2n1. The molecule has 1 amide bonds. The zero-order chi connectivity index (χ0) is 18.0. The van der Waals surface area contributed by atoms with E-state index >= 15 is 0 Å². The molecule has 3 rings (SSSR count). The van der Waals surface area contributed by atoms with Crippen LogP contribution in [0.3, 0.4) is 0 Å². The summed E-state index contributed by atoms with van der Waals surface area (Å²) < 4.78 is 26.9. The Balaban J connectivity index is 1.81. The van der Waals surface area contributed by atoms with E-state index in [-0.39, 0.29) is 5.69 Å². The van der Waals surface area contributed by atoms with Crippen molar-refractivity contribution < 1.29 is 13.6 Å². The fraction of sp³-hybridized carbons (Fsp3) is 0.167. The van der Waals surface area contributed by atoms with Gasteiger partial charge in [0, 0.05) is 11.5 Å². The summed E-state index contributed by atoms with van der Waals surface area (Å²) in [7, 11) is 0. The van der Waals surface area contributed by atoms with Crippen molar-refractivity contribution in [3.63, 3.8) is 0 Å². The van der Waals surface area contributed by atoms with Gasteiger partial charge in [0.25, 0.3) is 0 Å². The molecule has 4 nitrogen and oxygen atoms in total. The zero-order valence-electron chi connectivity index (χ0n) is 13.6. The van der Waals surface area contributed by atoms with Gasteiger partial charge in [0.1, 0.15) is 22.5 Å². The van der Waals surface area contributed by atoms with Crippen LogP contribution in [0.25, 0.3) is 10.9 Å². The number of para-hydroxylation sites is 1. The molecular formula is C18H15F2N3OS. The van der Waals surface area contributed by atoms with Crippen LogP contribution in [0.2, 0.25) is 0 Å². The van der Waals surface area contributed by atoms with Crippen LogP contribution in [0.4, 0.5) is 14.5 Å². The van der Waals surface area contributed by atoms with Crippen LogP contribution < -0.4 is 5.32 Å². The lowest BCUT2D eigenvalue weighted by Crippen LogP contribution is -2.23. The molecule has 0 fully saturated rings. The topological polar surface area (TPSA) is 54.9 Å². The number of rotatable bonds is 4. The number of aryl methyl sites for hydroxylation is 1. The third kappa shape index (κ3) is 3.93. The van der Waals surface area contributed by atoms with Crippen molar-refractivity contribution in [1.82, 2.24) is 9.97 Å². The first-order valence-electron chi connectivity index (χ1n) is 7.60. The van der Waals surface area contributed by atoms with Crippen molar-refractivity contribution in [2.45, 2.75) is 24.1 Å². The minimum absolute atomic E-state index is 0.179. The molecule has 0 saturated carbocycles. The smallest absolute Gasteiger partial charge is 0.237 e. The van der Waals surface area contributed by atoms with Gasteiger partial charge in [-0.15, -0.1) is 0 Å². The molecular weight excluding hydrogens is 344 g/mol. The molecule has 25 heavy (non-hydrogen) atoms. The molecule has 0 bridgehead atoms. The molecule has 1 heterocycles. The molecule has 0 aliphatic heterocycles. The maximum atomic E-state index is 13.7. The van der Waals surface area contributed by atoms with E-state index in [0.29, 0.717) is 10.9 Å². The normalized spacial score (nSPS) is 12.2. The molecule has 1 unspecified atom stereocenters. The van der Waals surface area contributed by atoms with Crippen LogP contribution in [0, 0.1) is 18.6 Å². The van der Waals surface area contributed by atoms with Gasteiger partial charge in [-0.25, -0.2) is 18.7 Å². The second kappa shape index (κ2) is 7.14. The van der Waals surface area contributed by atoms with Gasteiger partial charge < -0.3 is 5.32 Å². The molecule has 0 spiro atoms. The molecule has 7 heteroatoms. The zero-order valence-corrected chi connectivity index (χ0v) is 14.4. The number of aromatic nitrogens is 2. The van der Waals surface area contributed by atoms with Gasteiger partial charge in [-0.3, -0.25) is 4.79 Å². The van der Waals surface area contributed by atoms with Crippen molar-refractivity contribution >= 4 is 34.3 Å². The summed E-state index contributed by atoms with van der Waals surface area (Å²) in [5, 5.41) is 3.37. The predicted octanol–water partition coefficient (Wildman–Crippen LogP) is 4.34. The quantitative estimate of drug-likeness (QED) is 0.556. The first-order chi connectivity index (χ1) is 11.9. The number of fused-ring (bicyclic) bond motifs is 1. The van der Waals surface area contributed by atoms with Gasteiger partial charge in [0.15, 0.2) is 0 Å². The molecule has 2 aromatic carbocycles. The van der Waals surface area contributed by atoms with Gasteiger partial charge in [-0.2, -0.15) is 0 Å². The number of amides is 1. The highest BCUT2D eigenvalue weighted by atomic mass is 32.2. The molecule has 3 aromatic rings. The van der Waals surface area contributed by atoms with Gasteiger partial charge in [0.05, 0.1) is 16.5 Å². The summed E-state index contributed by atoms with van der Waals surface area (Å²) >= 11 is 1.25. The van der Waals surface area contributed by atoms with E-state index in [1.165, 1.54) is 11.8 Å². The number of carbonyl (C=O) groups is 1. The van der Waals surface area contributed by atoms with E-state index in [1.54, 1.807) is 13.8 Å². The summed E-state index contributed by atoms with van der Waals surface area (Å²) in [6.45, 7) is 3.47. The lowest BCUT2D eigenvalue weighted by molar-refractivity contribution is -0.115. The number of anilines is 1. The Hall–Kier alpha value is -2.54. The summed E-state index contributed by atoms with van der Waals surface area (Å²) in [6.07, 6.45) is 0. The number of hydrogen-bond donors (Lipinski definition) is 1. The lowest BCUT2D eigenvalue weighted by atomic mass is 10.2. The van der Waals surface area contributed by atoms with Crippen molar-refractivity contribution in [2.24, 2.45) is 0 Å². The van der Waals surface area contributed by atoms with Crippen molar-refractivity contribution in [1.29, 1.82) is 0 Å². The molecule has 1 atom stereocenters. The third-order valence-electron chi connectivity index (χ3n) is 3.52. The van der Waals surface area contributed by atoms with E-state index in [9.17, 15) is 13.6 Å². The van der Waals surface area contributed by atoms with Gasteiger partial charge in [-0.1, -0.05) is 30.0 Å². The number of hydrogen-bond acceptors (Lipinski definition) is 4. The number of halogens is 2. The van der Waals surface area contributed by atoms with E-state index < -0.39 is 22.8 Å². The van der Waals surface area contributed by atoms with Crippen LogP contribution in [0.15, 0.2) is 47.5 Å². The first kappa shape index (κ1) is 17.3. The Bertz CT molecular complexity index is 949. The second-order valence-corrected chi connectivity index (χ2v) is 6.80. The average molecular weight is 359 g/mol. The van der Waals surface area contributed by atoms with E-state index in [4.69, 9.17) is 0 Å². The largest absolute Gasteiger partial charge is 0.323 e. The van der Waals surface area contributed by atoms with Gasteiger partial charge in [-0.05, 0) is 32.0 Å². The van der Waals surface area contributed by atoms with Crippen molar-refractivity contribution in [2.75, 3.05) is 5.32 Å². The predicted molar refractivity (Wildman–Crippen MR) is 94.6 cm³/mol. The number of nitrogens with zero attached hydrogens (tertiary/aromatic N) is 2. The van der Waals surface area contributed by atoms with Crippen LogP contribution in [0.5, 0.6) is 0 Å². The molecule has 0 saturated heterocycles. The maximum absolute atomic E-state index is 13.7. The Labute approximate surface area is 147 Å². The Morgan fingerprint density at radius 3 is 2.72 bits per heavy atom. The Morgan fingerprint density at radius 2 is 1.92 bits per heavy atom. The minimum Gasteiger partial charge on any atom is -0.323 e. The highest BCUT2D eigenvalue weighted by Crippen LogP contribution is 2.29. The summed E-state index contributed by atoms with van der Waals surface area (Å²) in [6, 6.07) is 10.4. The maximum Gasteiger partial charge on any atom is 0.237 e. The second-order valence-electron chi connectivity index (χ2n) is 5.47.